The molecule has 1 amide bonds. The van der Waals surface area contributed by atoms with Crippen LogP contribution in [0, 0.1) is 0 Å². The summed E-state index contributed by atoms with van der Waals surface area (Å²) in [5.41, 5.74) is 5.49. The second kappa shape index (κ2) is 9.23. The summed E-state index contributed by atoms with van der Waals surface area (Å²) in [5, 5.41) is 0. The van der Waals surface area contributed by atoms with Crippen molar-refractivity contribution in [2.24, 2.45) is 5.73 Å². The lowest BCUT2D eigenvalue weighted by atomic mass is 10.1. The first-order valence-corrected chi connectivity index (χ1v) is 7.21. The fourth-order valence-electron chi connectivity index (χ4n) is 2.10. The molecule has 0 saturated carbocycles. The van der Waals surface area contributed by atoms with E-state index in [2.05, 4.69) is 0 Å². The Kier molecular flexibility index (Phi) is 7.93. The van der Waals surface area contributed by atoms with Crippen LogP contribution in [0.1, 0.15) is 32.1 Å². The van der Waals surface area contributed by atoms with E-state index in [0.29, 0.717) is 37.5 Å². The molecule has 0 aromatic heterocycles. The van der Waals surface area contributed by atoms with Gasteiger partial charge in [0.05, 0.1) is 24.1 Å². The predicted octanol–water partition coefficient (Wildman–Crippen LogP) is 1.10. The number of methoxy groups -OCH3 is 1. The molecule has 0 radical (unpaired) electrons. The Hall–Kier alpha value is -0.720. The Balaban J connectivity index is 2.41. The zero-order valence-corrected chi connectivity index (χ0v) is 12.4. The van der Waals surface area contributed by atoms with E-state index in [-0.39, 0.29) is 12.0 Å². The van der Waals surface area contributed by atoms with Gasteiger partial charge in [0.15, 0.2) is 0 Å². The molecule has 6 heteroatoms. The highest BCUT2D eigenvalue weighted by atomic mass is 32.1. The van der Waals surface area contributed by atoms with Gasteiger partial charge in [0, 0.05) is 33.2 Å². The minimum atomic E-state index is 0.0659. The molecular formula is C13H24N2O3S. The zero-order chi connectivity index (χ0) is 14.1. The molecule has 0 bridgehead atoms. The maximum atomic E-state index is 12.2. The van der Waals surface area contributed by atoms with Crippen LogP contribution in [-0.4, -0.2) is 55.3 Å². The molecule has 1 heterocycles. The number of nitrogens with zero attached hydrogens (tertiary/aromatic N) is 1. The van der Waals surface area contributed by atoms with E-state index in [0.717, 1.165) is 25.9 Å². The maximum absolute atomic E-state index is 12.2. The number of carbonyl (C=O) groups is 1. The number of carbonyl (C=O) groups excluding carboxylic acids is 1. The maximum Gasteiger partial charge on any atom is 0.225 e. The smallest absolute Gasteiger partial charge is 0.225 e. The average molecular weight is 288 g/mol. The van der Waals surface area contributed by atoms with E-state index < -0.39 is 0 Å². The number of amides is 1. The quantitative estimate of drug-likeness (QED) is 0.678. The van der Waals surface area contributed by atoms with Crippen LogP contribution in [0.5, 0.6) is 0 Å². The fraction of sp³-hybridized carbons (Fsp3) is 0.846. The number of ether oxygens (including phenoxy) is 2. The van der Waals surface area contributed by atoms with E-state index in [1.54, 1.807) is 12.0 Å². The van der Waals surface area contributed by atoms with Crippen LogP contribution in [-0.2, 0) is 14.3 Å². The van der Waals surface area contributed by atoms with Gasteiger partial charge in [-0.2, -0.15) is 0 Å². The average Bonchev–Trinajstić information content (AvgIpc) is 2.39. The van der Waals surface area contributed by atoms with Crippen molar-refractivity contribution in [2.45, 2.75) is 38.2 Å². The van der Waals surface area contributed by atoms with Gasteiger partial charge in [-0.1, -0.05) is 12.2 Å². The van der Waals surface area contributed by atoms with Gasteiger partial charge in [-0.05, 0) is 19.3 Å². The van der Waals surface area contributed by atoms with Crippen molar-refractivity contribution in [3.05, 3.63) is 0 Å². The molecule has 1 saturated heterocycles. The Morgan fingerprint density at radius 1 is 1.47 bits per heavy atom. The normalized spacial score (nSPS) is 19.1. The van der Waals surface area contributed by atoms with Crippen LogP contribution in [0.2, 0.25) is 0 Å². The number of hydrogen-bond acceptors (Lipinski definition) is 4. The van der Waals surface area contributed by atoms with Gasteiger partial charge in [-0.15, -0.1) is 0 Å². The van der Waals surface area contributed by atoms with Crippen molar-refractivity contribution in [1.82, 2.24) is 4.90 Å². The van der Waals surface area contributed by atoms with Crippen LogP contribution in [0.4, 0.5) is 0 Å². The summed E-state index contributed by atoms with van der Waals surface area (Å²) in [6, 6.07) is 0. The number of rotatable bonds is 8. The lowest BCUT2D eigenvalue weighted by Gasteiger charge is -2.27. The Bertz CT molecular complexity index is 294. The zero-order valence-electron chi connectivity index (χ0n) is 11.6. The Morgan fingerprint density at radius 2 is 2.26 bits per heavy atom. The van der Waals surface area contributed by atoms with E-state index in [1.165, 1.54) is 0 Å². The molecule has 2 N–H and O–H groups in total. The highest BCUT2D eigenvalue weighted by Gasteiger charge is 2.21. The molecule has 1 aliphatic heterocycles. The molecule has 1 rings (SSSR count). The Labute approximate surface area is 120 Å². The van der Waals surface area contributed by atoms with Crippen LogP contribution in [0.25, 0.3) is 0 Å². The highest BCUT2D eigenvalue weighted by Crippen LogP contribution is 2.16. The first kappa shape index (κ1) is 16.3. The summed E-state index contributed by atoms with van der Waals surface area (Å²) >= 11 is 4.86. The lowest BCUT2D eigenvalue weighted by molar-refractivity contribution is -0.135. The molecule has 5 nitrogen and oxygen atoms in total. The van der Waals surface area contributed by atoms with E-state index in [9.17, 15) is 4.79 Å². The molecule has 0 aromatic rings. The molecule has 1 atom stereocenters. The van der Waals surface area contributed by atoms with Crippen LogP contribution < -0.4 is 5.73 Å². The molecule has 1 fully saturated rings. The van der Waals surface area contributed by atoms with Gasteiger partial charge in [-0.25, -0.2) is 0 Å². The minimum absolute atomic E-state index is 0.0659. The van der Waals surface area contributed by atoms with Crippen molar-refractivity contribution in [2.75, 3.05) is 33.4 Å². The second-order valence-electron chi connectivity index (χ2n) is 4.78. The molecule has 19 heavy (non-hydrogen) atoms. The molecule has 1 unspecified atom stereocenters. The third kappa shape index (κ3) is 6.84. The molecule has 0 spiro atoms. The number of thiocarbonyl (C=S) groups is 1. The van der Waals surface area contributed by atoms with Crippen molar-refractivity contribution in [1.29, 1.82) is 0 Å². The van der Waals surface area contributed by atoms with Gasteiger partial charge < -0.3 is 20.1 Å². The van der Waals surface area contributed by atoms with Crippen molar-refractivity contribution in [3.63, 3.8) is 0 Å². The third-order valence-electron chi connectivity index (χ3n) is 3.22. The second-order valence-corrected chi connectivity index (χ2v) is 5.31. The van der Waals surface area contributed by atoms with Crippen molar-refractivity contribution in [3.8, 4) is 0 Å². The van der Waals surface area contributed by atoms with E-state index in [1.807, 2.05) is 0 Å². The van der Waals surface area contributed by atoms with Crippen LogP contribution >= 0.6 is 12.2 Å². The Morgan fingerprint density at radius 3 is 2.84 bits per heavy atom. The molecule has 0 aromatic carbocycles. The molecular weight excluding hydrogens is 264 g/mol. The first-order chi connectivity index (χ1) is 9.13. The predicted molar refractivity (Wildman–Crippen MR) is 78.1 cm³/mol. The monoisotopic (exact) mass is 288 g/mol. The first-order valence-electron chi connectivity index (χ1n) is 6.80. The summed E-state index contributed by atoms with van der Waals surface area (Å²) in [6.07, 6.45) is 4.27. The minimum Gasteiger partial charge on any atom is -0.393 e. The fourth-order valence-corrected chi connectivity index (χ4v) is 2.19. The van der Waals surface area contributed by atoms with Gasteiger partial charge in [0.1, 0.15) is 0 Å². The topological polar surface area (TPSA) is 64.8 Å². The van der Waals surface area contributed by atoms with E-state index in [4.69, 9.17) is 27.4 Å². The summed E-state index contributed by atoms with van der Waals surface area (Å²) in [7, 11) is 1.63. The standard InChI is InChI=1S/C13H24N2O3S/c1-17-9-7-15(6-5-12(14)19)13(16)10-11-4-2-3-8-18-11/h11H,2-10H2,1H3,(H2,14,19). The van der Waals surface area contributed by atoms with Crippen LogP contribution in [0.3, 0.4) is 0 Å². The summed E-state index contributed by atoms with van der Waals surface area (Å²) in [6.45, 7) is 2.42. The van der Waals surface area contributed by atoms with Gasteiger partial charge in [0.2, 0.25) is 5.91 Å². The van der Waals surface area contributed by atoms with Gasteiger partial charge in [0.25, 0.3) is 0 Å². The van der Waals surface area contributed by atoms with Gasteiger partial charge >= 0.3 is 0 Å². The number of nitrogens with two attached hydrogens (primary N) is 1. The summed E-state index contributed by atoms with van der Waals surface area (Å²) < 4.78 is 10.6. The van der Waals surface area contributed by atoms with Gasteiger partial charge in [-0.3, -0.25) is 4.79 Å². The van der Waals surface area contributed by atoms with E-state index >= 15 is 0 Å². The SMILES string of the molecule is COCCN(CCC(N)=S)C(=O)CC1CCCCO1. The highest BCUT2D eigenvalue weighted by molar-refractivity contribution is 7.80. The third-order valence-corrected chi connectivity index (χ3v) is 3.43. The number of hydrogen-bond donors (Lipinski definition) is 1. The molecule has 0 aliphatic carbocycles. The van der Waals surface area contributed by atoms with Crippen LogP contribution in [0.15, 0.2) is 0 Å². The molecule has 110 valence electrons. The largest absolute Gasteiger partial charge is 0.393 e. The molecule has 1 aliphatic rings. The lowest BCUT2D eigenvalue weighted by Crippen LogP contribution is -2.38. The summed E-state index contributed by atoms with van der Waals surface area (Å²) in [4.78, 5) is 14.4. The van der Waals surface area contributed by atoms with Crippen molar-refractivity contribution < 1.29 is 14.3 Å². The summed E-state index contributed by atoms with van der Waals surface area (Å²) in [5.74, 6) is 0.0974. The van der Waals surface area contributed by atoms with Crippen molar-refractivity contribution >= 4 is 23.1 Å².